The van der Waals surface area contributed by atoms with E-state index >= 15 is 0 Å². The first-order valence-electron chi connectivity index (χ1n) is 12.5. The SMILES string of the molecule is CC(=O)N[C@H](COC(C)=O)C(=O)NCc1ccccc1.CCC(=O)N[C@H](CC)C(=O)NCc1ccccc1. The minimum atomic E-state index is -0.889. The highest BCUT2D eigenvalue weighted by molar-refractivity contribution is 5.88. The molecule has 206 valence electrons. The summed E-state index contributed by atoms with van der Waals surface area (Å²) < 4.78 is 4.76. The molecule has 10 heteroatoms. The number of esters is 1. The highest BCUT2D eigenvalue weighted by Crippen LogP contribution is 2.00. The van der Waals surface area contributed by atoms with E-state index in [0.29, 0.717) is 25.9 Å². The molecule has 4 amide bonds. The van der Waals surface area contributed by atoms with Crippen LogP contribution in [0.3, 0.4) is 0 Å². The van der Waals surface area contributed by atoms with Crippen molar-refractivity contribution >= 4 is 29.6 Å². The van der Waals surface area contributed by atoms with Crippen LogP contribution in [0, 0.1) is 0 Å². The number of hydrogen-bond donors (Lipinski definition) is 4. The first-order valence-corrected chi connectivity index (χ1v) is 12.5. The summed E-state index contributed by atoms with van der Waals surface area (Å²) >= 11 is 0. The molecule has 0 aliphatic heterocycles. The molecular formula is C28H38N4O6. The Bertz CT molecular complexity index is 1030. The standard InChI is InChI=1S/C14H18N2O4.C14H20N2O2/c1-10(17)16-13(9-20-11(2)18)14(19)15-8-12-6-4-3-5-7-12;1-3-12(16-13(17)4-2)14(18)15-10-11-8-6-5-7-9-11/h3-7,13H,8-9H2,1-2H3,(H,15,19)(H,16,17);5-9,12H,3-4,10H2,1-2H3,(H,15,18)(H,16,17)/t13-;12-/m11/s1. The Kier molecular flexibility index (Phi) is 15.2. The first kappa shape index (κ1) is 31.8. The second-order valence-corrected chi connectivity index (χ2v) is 8.34. The molecule has 10 nitrogen and oxygen atoms in total. The number of nitrogens with one attached hydrogen (secondary N) is 4. The Balaban J connectivity index is 0.000000382. The van der Waals surface area contributed by atoms with E-state index in [1.165, 1.54) is 13.8 Å². The van der Waals surface area contributed by atoms with Gasteiger partial charge in [-0.3, -0.25) is 24.0 Å². The van der Waals surface area contributed by atoms with Gasteiger partial charge in [-0.1, -0.05) is 74.5 Å². The number of ether oxygens (including phenoxy) is 1. The molecule has 0 bridgehead atoms. The summed E-state index contributed by atoms with van der Waals surface area (Å²) in [5.74, 6) is -1.50. The molecule has 0 aliphatic carbocycles. The van der Waals surface area contributed by atoms with Gasteiger partial charge < -0.3 is 26.0 Å². The van der Waals surface area contributed by atoms with Gasteiger partial charge in [0.1, 0.15) is 18.7 Å². The summed E-state index contributed by atoms with van der Waals surface area (Å²) in [6.45, 7) is 6.83. The van der Waals surface area contributed by atoms with Gasteiger partial charge in [-0.05, 0) is 17.5 Å². The van der Waals surface area contributed by atoms with Gasteiger partial charge in [-0.2, -0.15) is 0 Å². The van der Waals surface area contributed by atoms with Crippen LogP contribution in [0.15, 0.2) is 60.7 Å². The average Bonchev–Trinajstić information content (AvgIpc) is 2.92. The molecule has 0 fully saturated rings. The van der Waals surface area contributed by atoms with Crippen LogP contribution in [0.25, 0.3) is 0 Å². The van der Waals surface area contributed by atoms with Crippen LogP contribution in [0.4, 0.5) is 0 Å². The van der Waals surface area contributed by atoms with E-state index in [-0.39, 0.29) is 24.3 Å². The maximum atomic E-state index is 11.9. The number of carbonyl (C=O) groups excluding carboxylic acids is 5. The van der Waals surface area contributed by atoms with Crippen LogP contribution in [0.5, 0.6) is 0 Å². The molecule has 0 unspecified atom stereocenters. The molecule has 4 N–H and O–H groups in total. The lowest BCUT2D eigenvalue weighted by atomic mass is 10.2. The Morgan fingerprint density at radius 2 is 1.18 bits per heavy atom. The van der Waals surface area contributed by atoms with Crippen LogP contribution in [0.2, 0.25) is 0 Å². The highest BCUT2D eigenvalue weighted by atomic mass is 16.5. The fraction of sp³-hybridized carbons (Fsp3) is 0.393. The van der Waals surface area contributed by atoms with Gasteiger partial charge in [0.15, 0.2) is 0 Å². The Labute approximate surface area is 223 Å². The van der Waals surface area contributed by atoms with E-state index in [0.717, 1.165) is 11.1 Å². The number of carbonyl (C=O) groups is 5. The molecule has 0 heterocycles. The Morgan fingerprint density at radius 3 is 1.58 bits per heavy atom. The third-order valence-corrected chi connectivity index (χ3v) is 5.15. The van der Waals surface area contributed by atoms with Crippen LogP contribution >= 0.6 is 0 Å². The normalized spacial score (nSPS) is 11.5. The minimum absolute atomic E-state index is 0.100. The number of hydrogen-bond acceptors (Lipinski definition) is 6. The average molecular weight is 527 g/mol. The summed E-state index contributed by atoms with van der Waals surface area (Å²) in [6.07, 6.45) is 0.981. The van der Waals surface area contributed by atoms with Crippen LogP contribution in [-0.2, 0) is 41.8 Å². The monoisotopic (exact) mass is 526 g/mol. The van der Waals surface area contributed by atoms with Gasteiger partial charge in [-0.15, -0.1) is 0 Å². The molecule has 0 aliphatic rings. The van der Waals surface area contributed by atoms with E-state index in [4.69, 9.17) is 4.74 Å². The van der Waals surface area contributed by atoms with Gasteiger partial charge in [0.05, 0.1) is 0 Å². The quantitative estimate of drug-likeness (QED) is 0.312. The molecule has 0 saturated heterocycles. The third kappa shape index (κ3) is 13.8. The van der Waals surface area contributed by atoms with Crippen LogP contribution in [0.1, 0.15) is 51.7 Å². The number of benzene rings is 2. The van der Waals surface area contributed by atoms with Crippen molar-refractivity contribution in [2.75, 3.05) is 6.61 Å². The van der Waals surface area contributed by atoms with Gasteiger partial charge in [0.25, 0.3) is 0 Å². The summed E-state index contributed by atoms with van der Waals surface area (Å²) in [4.78, 5) is 56.9. The lowest BCUT2D eigenvalue weighted by Crippen LogP contribution is -2.48. The van der Waals surface area contributed by atoms with E-state index in [9.17, 15) is 24.0 Å². The van der Waals surface area contributed by atoms with Gasteiger partial charge in [0, 0.05) is 33.4 Å². The minimum Gasteiger partial charge on any atom is -0.463 e. The van der Waals surface area contributed by atoms with Gasteiger partial charge in [0.2, 0.25) is 23.6 Å². The maximum absolute atomic E-state index is 11.9. The molecule has 2 rings (SSSR count). The van der Waals surface area contributed by atoms with Crippen LogP contribution in [-0.4, -0.2) is 48.3 Å². The van der Waals surface area contributed by atoms with Crippen molar-refractivity contribution < 1.29 is 28.7 Å². The van der Waals surface area contributed by atoms with E-state index in [1.807, 2.05) is 67.6 Å². The lowest BCUT2D eigenvalue weighted by molar-refractivity contribution is -0.144. The second kappa shape index (κ2) is 18.1. The summed E-state index contributed by atoms with van der Waals surface area (Å²) in [6, 6.07) is 17.7. The smallest absolute Gasteiger partial charge is 0.302 e. The Morgan fingerprint density at radius 1 is 0.711 bits per heavy atom. The predicted molar refractivity (Wildman–Crippen MR) is 143 cm³/mol. The third-order valence-electron chi connectivity index (χ3n) is 5.15. The van der Waals surface area contributed by atoms with Crippen LogP contribution < -0.4 is 21.3 Å². The molecular weight excluding hydrogens is 488 g/mol. The lowest BCUT2D eigenvalue weighted by Gasteiger charge is -2.17. The number of rotatable bonds is 12. The Hall–Kier alpha value is -4.21. The zero-order valence-corrected chi connectivity index (χ0v) is 22.4. The molecule has 2 aromatic rings. The van der Waals surface area contributed by atoms with Crippen molar-refractivity contribution in [3.8, 4) is 0 Å². The van der Waals surface area contributed by atoms with E-state index in [2.05, 4.69) is 21.3 Å². The summed E-state index contributed by atoms with van der Waals surface area (Å²) in [7, 11) is 0. The highest BCUT2D eigenvalue weighted by Gasteiger charge is 2.20. The molecule has 0 spiro atoms. The zero-order chi connectivity index (χ0) is 28.3. The number of amides is 4. The summed E-state index contributed by atoms with van der Waals surface area (Å²) in [5, 5.41) is 10.7. The first-order chi connectivity index (χ1) is 18.2. The zero-order valence-electron chi connectivity index (χ0n) is 22.4. The van der Waals surface area contributed by atoms with Crippen molar-refractivity contribution in [2.45, 2.75) is 65.7 Å². The second-order valence-electron chi connectivity index (χ2n) is 8.34. The topological polar surface area (TPSA) is 143 Å². The fourth-order valence-electron chi connectivity index (χ4n) is 3.09. The van der Waals surface area contributed by atoms with E-state index < -0.39 is 24.0 Å². The summed E-state index contributed by atoms with van der Waals surface area (Å²) in [5.41, 5.74) is 1.98. The fourth-order valence-corrected chi connectivity index (χ4v) is 3.09. The van der Waals surface area contributed by atoms with E-state index in [1.54, 1.807) is 6.92 Å². The van der Waals surface area contributed by atoms with Gasteiger partial charge in [-0.25, -0.2) is 0 Å². The largest absolute Gasteiger partial charge is 0.463 e. The maximum Gasteiger partial charge on any atom is 0.302 e. The molecule has 0 aromatic heterocycles. The molecule has 38 heavy (non-hydrogen) atoms. The molecule has 0 radical (unpaired) electrons. The van der Waals surface area contributed by atoms with Crippen molar-refractivity contribution in [2.24, 2.45) is 0 Å². The van der Waals surface area contributed by atoms with Gasteiger partial charge >= 0.3 is 5.97 Å². The molecule has 0 saturated carbocycles. The molecule has 2 atom stereocenters. The van der Waals surface area contributed by atoms with Crippen molar-refractivity contribution in [3.05, 3.63) is 71.8 Å². The van der Waals surface area contributed by atoms with Crippen molar-refractivity contribution in [1.82, 2.24) is 21.3 Å². The molecule has 2 aromatic carbocycles. The van der Waals surface area contributed by atoms with Crippen molar-refractivity contribution in [3.63, 3.8) is 0 Å². The van der Waals surface area contributed by atoms with Crippen molar-refractivity contribution in [1.29, 1.82) is 0 Å². The predicted octanol–water partition coefficient (Wildman–Crippen LogP) is 1.98.